The molecule has 9 nitrogen and oxygen atoms in total. The van der Waals surface area contributed by atoms with Crippen LogP contribution >= 0.6 is 11.3 Å². The molecule has 0 aliphatic carbocycles. The van der Waals surface area contributed by atoms with Crippen molar-refractivity contribution in [3.05, 3.63) is 39.8 Å². The highest BCUT2D eigenvalue weighted by atomic mass is 32.1. The van der Waals surface area contributed by atoms with Crippen LogP contribution in [0.4, 0.5) is 5.00 Å². The van der Waals surface area contributed by atoms with Gasteiger partial charge in [0.15, 0.2) is 0 Å². The molecule has 0 spiro atoms. The van der Waals surface area contributed by atoms with Gasteiger partial charge >= 0.3 is 17.9 Å². The molecule has 0 fully saturated rings. The van der Waals surface area contributed by atoms with Crippen LogP contribution in [0.15, 0.2) is 18.2 Å². The molecule has 2 aromatic rings. The standard InChI is InChI=1S/C20H23NO8S/c1-5-27-19(23)15-13(16(30-17(15)21)20(24)28-6-2)10-29-18(22)12-8-7-11(25-3)9-14(12)26-4/h7-9H,5-6,10,21H2,1-4H3. The molecule has 0 saturated heterocycles. The summed E-state index contributed by atoms with van der Waals surface area (Å²) < 4.78 is 25.7. The Morgan fingerprint density at radius 2 is 1.60 bits per heavy atom. The summed E-state index contributed by atoms with van der Waals surface area (Å²) in [7, 11) is 2.89. The molecule has 0 bridgehead atoms. The van der Waals surface area contributed by atoms with E-state index in [0.717, 1.165) is 11.3 Å². The van der Waals surface area contributed by atoms with E-state index in [4.69, 9.17) is 29.4 Å². The van der Waals surface area contributed by atoms with Crippen molar-refractivity contribution >= 4 is 34.2 Å². The second-order valence-electron chi connectivity index (χ2n) is 5.73. The molecule has 1 aromatic carbocycles. The lowest BCUT2D eigenvalue weighted by Crippen LogP contribution is -2.14. The van der Waals surface area contributed by atoms with E-state index in [1.54, 1.807) is 19.9 Å². The van der Waals surface area contributed by atoms with Crippen molar-refractivity contribution in [1.29, 1.82) is 0 Å². The van der Waals surface area contributed by atoms with Crippen molar-refractivity contribution in [3.63, 3.8) is 0 Å². The van der Waals surface area contributed by atoms with Gasteiger partial charge in [-0.2, -0.15) is 0 Å². The van der Waals surface area contributed by atoms with Crippen LogP contribution in [0, 0.1) is 0 Å². The zero-order valence-corrected chi connectivity index (χ0v) is 17.9. The number of thiophene rings is 1. The predicted molar refractivity (Wildman–Crippen MR) is 109 cm³/mol. The molecule has 10 heteroatoms. The average Bonchev–Trinajstić information content (AvgIpc) is 3.08. The summed E-state index contributed by atoms with van der Waals surface area (Å²) in [5.41, 5.74) is 6.21. The van der Waals surface area contributed by atoms with E-state index in [9.17, 15) is 14.4 Å². The molecule has 1 aromatic heterocycles. The van der Waals surface area contributed by atoms with Crippen molar-refractivity contribution in [2.24, 2.45) is 0 Å². The third-order valence-electron chi connectivity index (χ3n) is 3.95. The first-order valence-corrected chi connectivity index (χ1v) is 9.83. The number of esters is 3. The number of carbonyl (C=O) groups excluding carboxylic acids is 3. The van der Waals surface area contributed by atoms with Gasteiger partial charge in [0, 0.05) is 11.6 Å². The minimum atomic E-state index is -0.719. The normalized spacial score (nSPS) is 10.3. The quantitative estimate of drug-likeness (QED) is 0.465. The second kappa shape index (κ2) is 10.5. The number of hydrogen-bond donors (Lipinski definition) is 1. The van der Waals surface area contributed by atoms with Crippen LogP contribution in [0.3, 0.4) is 0 Å². The number of hydrogen-bond acceptors (Lipinski definition) is 10. The summed E-state index contributed by atoms with van der Waals surface area (Å²) in [6.45, 7) is 3.15. The first-order chi connectivity index (χ1) is 14.4. The molecule has 0 aliphatic rings. The van der Waals surface area contributed by atoms with Crippen LogP contribution in [0.2, 0.25) is 0 Å². The van der Waals surface area contributed by atoms with Crippen LogP contribution < -0.4 is 15.2 Å². The summed E-state index contributed by atoms with van der Waals surface area (Å²) >= 11 is 0.873. The lowest BCUT2D eigenvalue weighted by atomic mass is 10.1. The highest BCUT2D eigenvalue weighted by molar-refractivity contribution is 7.18. The highest BCUT2D eigenvalue weighted by Crippen LogP contribution is 2.34. The predicted octanol–water partition coefficient (Wildman–Crippen LogP) is 3.06. The van der Waals surface area contributed by atoms with Gasteiger partial charge in [-0.15, -0.1) is 11.3 Å². The number of ether oxygens (including phenoxy) is 5. The van der Waals surface area contributed by atoms with Crippen LogP contribution in [-0.4, -0.2) is 45.3 Å². The van der Waals surface area contributed by atoms with Crippen LogP contribution in [0.1, 0.15) is 49.8 Å². The van der Waals surface area contributed by atoms with Gasteiger partial charge in [0.05, 0.1) is 27.4 Å². The molecule has 1 heterocycles. The average molecular weight is 437 g/mol. The minimum Gasteiger partial charge on any atom is -0.497 e. The molecular formula is C20H23NO8S. The third-order valence-corrected chi connectivity index (χ3v) is 4.99. The fourth-order valence-corrected chi connectivity index (χ4v) is 3.55. The molecular weight excluding hydrogens is 414 g/mol. The smallest absolute Gasteiger partial charge is 0.348 e. The summed E-state index contributed by atoms with van der Waals surface area (Å²) in [5, 5.41) is 0.0737. The summed E-state index contributed by atoms with van der Waals surface area (Å²) in [6.07, 6.45) is 0. The lowest BCUT2D eigenvalue weighted by molar-refractivity contribution is 0.0435. The van der Waals surface area contributed by atoms with E-state index in [2.05, 4.69) is 0 Å². The van der Waals surface area contributed by atoms with Gasteiger partial charge in [-0.05, 0) is 26.0 Å². The van der Waals surface area contributed by atoms with Gasteiger partial charge in [-0.1, -0.05) is 0 Å². The molecule has 0 radical (unpaired) electrons. The molecule has 2 N–H and O–H groups in total. The van der Waals surface area contributed by atoms with Gasteiger partial charge < -0.3 is 29.4 Å². The SMILES string of the molecule is CCOC(=O)c1sc(N)c(C(=O)OCC)c1COC(=O)c1ccc(OC)cc1OC. The number of carbonyl (C=O) groups is 3. The Kier molecular flexibility index (Phi) is 8.05. The maximum Gasteiger partial charge on any atom is 0.348 e. The number of rotatable bonds is 9. The molecule has 0 aliphatic heterocycles. The zero-order chi connectivity index (χ0) is 22.3. The monoisotopic (exact) mass is 437 g/mol. The van der Waals surface area contributed by atoms with Gasteiger partial charge in [0.2, 0.25) is 0 Å². The molecule has 2 rings (SSSR count). The van der Waals surface area contributed by atoms with E-state index in [-0.39, 0.29) is 52.1 Å². The third kappa shape index (κ3) is 5.01. The Hall–Kier alpha value is -3.27. The van der Waals surface area contributed by atoms with Crippen LogP contribution in [0.5, 0.6) is 11.5 Å². The van der Waals surface area contributed by atoms with E-state index in [1.807, 2.05) is 0 Å². The fraction of sp³-hybridized carbons (Fsp3) is 0.350. The van der Waals surface area contributed by atoms with Crippen molar-refractivity contribution < 1.29 is 38.1 Å². The molecule has 30 heavy (non-hydrogen) atoms. The zero-order valence-electron chi connectivity index (χ0n) is 17.1. The van der Waals surface area contributed by atoms with Gasteiger partial charge in [-0.3, -0.25) is 0 Å². The first-order valence-electron chi connectivity index (χ1n) is 9.02. The number of methoxy groups -OCH3 is 2. The molecule has 162 valence electrons. The van der Waals surface area contributed by atoms with E-state index in [0.29, 0.717) is 5.75 Å². The Morgan fingerprint density at radius 3 is 2.20 bits per heavy atom. The number of anilines is 1. The summed E-state index contributed by atoms with van der Waals surface area (Å²) in [4.78, 5) is 37.3. The number of nitrogen functional groups attached to an aromatic ring is 1. The first kappa shape index (κ1) is 23.0. The van der Waals surface area contributed by atoms with Crippen molar-refractivity contribution in [2.45, 2.75) is 20.5 Å². The van der Waals surface area contributed by atoms with Crippen molar-refractivity contribution in [3.8, 4) is 11.5 Å². The fourth-order valence-electron chi connectivity index (χ4n) is 2.59. The largest absolute Gasteiger partial charge is 0.497 e. The summed E-state index contributed by atoms with van der Waals surface area (Å²) in [5.74, 6) is -1.35. The minimum absolute atomic E-state index is 0.0144. The van der Waals surface area contributed by atoms with E-state index >= 15 is 0 Å². The second-order valence-corrected chi connectivity index (χ2v) is 6.78. The van der Waals surface area contributed by atoms with E-state index in [1.165, 1.54) is 26.4 Å². The van der Waals surface area contributed by atoms with Crippen LogP contribution in [0.25, 0.3) is 0 Å². The molecule has 0 atom stereocenters. The Labute approximate surface area is 177 Å². The highest BCUT2D eigenvalue weighted by Gasteiger charge is 2.29. The maximum atomic E-state index is 12.6. The Balaban J connectivity index is 2.35. The van der Waals surface area contributed by atoms with Crippen molar-refractivity contribution in [1.82, 2.24) is 0 Å². The van der Waals surface area contributed by atoms with E-state index < -0.39 is 17.9 Å². The lowest BCUT2D eigenvalue weighted by Gasteiger charge is -2.11. The summed E-state index contributed by atoms with van der Waals surface area (Å²) in [6, 6.07) is 4.60. The topological polar surface area (TPSA) is 123 Å². The van der Waals surface area contributed by atoms with Crippen molar-refractivity contribution in [2.75, 3.05) is 33.2 Å². The van der Waals surface area contributed by atoms with Gasteiger partial charge in [0.25, 0.3) is 0 Å². The molecule has 0 saturated carbocycles. The molecule has 0 unspecified atom stereocenters. The van der Waals surface area contributed by atoms with Gasteiger partial charge in [0.1, 0.15) is 39.1 Å². The Bertz CT molecular complexity index is 937. The maximum absolute atomic E-state index is 12.6. The Morgan fingerprint density at radius 1 is 0.933 bits per heavy atom. The molecule has 0 amide bonds. The number of benzene rings is 1. The van der Waals surface area contributed by atoms with Gasteiger partial charge in [-0.25, -0.2) is 14.4 Å². The number of nitrogens with two attached hydrogens (primary N) is 1. The van der Waals surface area contributed by atoms with Crippen LogP contribution in [-0.2, 0) is 20.8 Å².